The van der Waals surface area contributed by atoms with Crippen molar-refractivity contribution in [1.82, 2.24) is 0 Å². The molecule has 0 aromatic carbocycles. The van der Waals surface area contributed by atoms with Crippen LogP contribution in [0.5, 0.6) is 0 Å². The first-order valence-electron chi connectivity index (χ1n) is 9.34. The quantitative estimate of drug-likeness (QED) is 0.111. The van der Waals surface area contributed by atoms with Gasteiger partial charge in [-0.2, -0.15) is 0 Å². The molecule has 0 aromatic heterocycles. The minimum Gasteiger partial charge on any atom is -0.463 e. The number of carbonyl (C=O) groups excluding carboxylic acids is 1. The summed E-state index contributed by atoms with van der Waals surface area (Å²) in [6.07, 6.45) is 6.66. The Morgan fingerprint density at radius 3 is 2.39 bits per heavy atom. The molecule has 0 unspecified atom stereocenters. The van der Waals surface area contributed by atoms with Gasteiger partial charge >= 0.3 is 5.97 Å². The first-order chi connectivity index (χ1) is 13.4. The molecule has 0 heterocycles. The summed E-state index contributed by atoms with van der Waals surface area (Å²) in [5.74, 6) is -0.366. The van der Waals surface area contributed by atoms with Crippen LogP contribution in [0.4, 0.5) is 0 Å². The molecule has 0 saturated carbocycles. The van der Waals surface area contributed by atoms with Crippen LogP contribution in [-0.4, -0.2) is 57.9 Å². The van der Waals surface area contributed by atoms with Crippen LogP contribution in [0, 0.1) is 5.92 Å². The van der Waals surface area contributed by atoms with Crippen molar-refractivity contribution in [3.8, 4) is 0 Å². The number of hydrogen-bond donors (Lipinski definition) is 0. The molecule has 0 saturated heterocycles. The Hall–Kier alpha value is -0.990. The normalized spacial score (nSPS) is 15.4. The standard InChI is InChI=1S/C21H35BrO6/c1-7-26-21(23)12-17(3)18(4)20(28-15-25-6)10-8-9-19(27-14-24-5)11-16(2)13-22/h8,10,12,18-20H,2,7,9,11,13-15H2,1,3-6H3/b10-8+,17-12-/t18-,19+,20+/m1/s1. The molecule has 0 bridgehead atoms. The summed E-state index contributed by atoms with van der Waals surface area (Å²) < 4.78 is 26.6. The number of hydrogen-bond acceptors (Lipinski definition) is 6. The van der Waals surface area contributed by atoms with Crippen molar-refractivity contribution >= 4 is 21.9 Å². The summed E-state index contributed by atoms with van der Waals surface area (Å²) in [5.41, 5.74) is 1.94. The lowest BCUT2D eigenvalue weighted by atomic mass is 9.95. The van der Waals surface area contributed by atoms with Gasteiger partial charge in [0, 0.05) is 31.5 Å². The molecule has 0 amide bonds. The Bertz CT molecular complexity index is 503. The van der Waals surface area contributed by atoms with Crippen LogP contribution >= 0.6 is 15.9 Å². The predicted octanol–water partition coefficient (Wildman–Crippen LogP) is 4.40. The second-order valence-electron chi connectivity index (χ2n) is 6.41. The fraction of sp³-hybridized carbons (Fsp3) is 0.667. The molecule has 0 N–H and O–H groups in total. The van der Waals surface area contributed by atoms with E-state index in [-0.39, 0.29) is 37.7 Å². The minimum absolute atomic E-state index is 0.0216. The van der Waals surface area contributed by atoms with E-state index in [9.17, 15) is 4.79 Å². The smallest absolute Gasteiger partial charge is 0.330 e. The van der Waals surface area contributed by atoms with Gasteiger partial charge < -0.3 is 23.7 Å². The molecule has 0 aromatic rings. The van der Waals surface area contributed by atoms with Crippen molar-refractivity contribution in [3.63, 3.8) is 0 Å². The highest BCUT2D eigenvalue weighted by atomic mass is 79.9. The van der Waals surface area contributed by atoms with E-state index in [4.69, 9.17) is 23.7 Å². The molecular weight excluding hydrogens is 428 g/mol. The number of halogens is 1. The van der Waals surface area contributed by atoms with Gasteiger partial charge in [0.15, 0.2) is 0 Å². The summed E-state index contributed by atoms with van der Waals surface area (Å²) in [5, 5.41) is 0.734. The molecular formula is C21H35BrO6. The molecule has 3 atom stereocenters. The SMILES string of the molecule is C=C(CBr)C[C@H](C/C=C/[C@H](OCOC)[C@H](C)/C(C)=C\C(=O)OCC)OCOC. The van der Waals surface area contributed by atoms with Crippen molar-refractivity contribution in [1.29, 1.82) is 0 Å². The molecule has 28 heavy (non-hydrogen) atoms. The van der Waals surface area contributed by atoms with Gasteiger partial charge in [-0.05, 0) is 26.7 Å². The van der Waals surface area contributed by atoms with Crippen LogP contribution in [0.3, 0.4) is 0 Å². The lowest BCUT2D eigenvalue weighted by Gasteiger charge is -2.22. The van der Waals surface area contributed by atoms with Gasteiger partial charge in [0.2, 0.25) is 0 Å². The number of alkyl halides is 1. The zero-order valence-corrected chi connectivity index (χ0v) is 19.3. The van der Waals surface area contributed by atoms with E-state index in [1.54, 1.807) is 21.1 Å². The summed E-state index contributed by atoms with van der Waals surface area (Å²) in [6, 6.07) is 0. The molecule has 0 aliphatic carbocycles. The molecule has 0 spiro atoms. The van der Waals surface area contributed by atoms with E-state index in [1.807, 2.05) is 26.0 Å². The highest BCUT2D eigenvalue weighted by Crippen LogP contribution is 2.20. The molecule has 0 fully saturated rings. The second-order valence-corrected chi connectivity index (χ2v) is 6.97. The summed E-state index contributed by atoms with van der Waals surface area (Å²) in [7, 11) is 3.18. The largest absolute Gasteiger partial charge is 0.463 e. The zero-order chi connectivity index (χ0) is 21.4. The van der Waals surface area contributed by atoms with Gasteiger partial charge in [-0.1, -0.05) is 52.7 Å². The molecule has 0 radical (unpaired) electrons. The Balaban J connectivity index is 5.06. The average molecular weight is 463 g/mol. The van der Waals surface area contributed by atoms with E-state index in [0.29, 0.717) is 13.0 Å². The van der Waals surface area contributed by atoms with Crippen LogP contribution in [-0.2, 0) is 28.5 Å². The lowest BCUT2D eigenvalue weighted by molar-refractivity contribution is -0.137. The lowest BCUT2D eigenvalue weighted by Crippen LogP contribution is -2.23. The molecule has 6 nitrogen and oxygen atoms in total. The first-order valence-corrected chi connectivity index (χ1v) is 10.5. The minimum atomic E-state index is -0.345. The average Bonchev–Trinajstić information content (AvgIpc) is 2.67. The van der Waals surface area contributed by atoms with Crippen LogP contribution in [0.2, 0.25) is 0 Å². The van der Waals surface area contributed by atoms with Crippen molar-refractivity contribution in [3.05, 3.63) is 36.0 Å². The van der Waals surface area contributed by atoms with E-state index >= 15 is 0 Å². The van der Waals surface area contributed by atoms with Crippen molar-refractivity contribution in [2.45, 2.75) is 45.8 Å². The van der Waals surface area contributed by atoms with Gasteiger partial charge in [-0.15, -0.1) is 0 Å². The molecule has 0 aliphatic rings. The van der Waals surface area contributed by atoms with Crippen molar-refractivity contribution in [2.24, 2.45) is 5.92 Å². The van der Waals surface area contributed by atoms with E-state index in [0.717, 1.165) is 22.9 Å². The highest BCUT2D eigenvalue weighted by molar-refractivity contribution is 9.09. The van der Waals surface area contributed by atoms with Gasteiger partial charge in [0.1, 0.15) is 13.6 Å². The number of rotatable bonds is 16. The Kier molecular flexibility index (Phi) is 16.3. The first kappa shape index (κ1) is 27.0. The third-order valence-corrected chi connectivity index (χ3v) is 4.87. The summed E-state index contributed by atoms with van der Waals surface area (Å²) in [4.78, 5) is 11.7. The van der Waals surface area contributed by atoms with Crippen molar-refractivity contribution in [2.75, 3.05) is 39.7 Å². The van der Waals surface area contributed by atoms with Gasteiger partial charge in [-0.25, -0.2) is 4.79 Å². The maximum atomic E-state index is 11.7. The number of esters is 1. The fourth-order valence-corrected chi connectivity index (χ4v) is 2.62. The fourth-order valence-electron chi connectivity index (χ4n) is 2.39. The third kappa shape index (κ3) is 12.5. The van der Waals surface area contributed by atoms with E-state index in [1.165, 1.54) is 6.08 Å². The monoisotopic (exact) mass is 462 g/mol. The van der Waals surface area contributed by atoms with Gasteiger partial charge in [0.05, 0.1) is 18.8 Å². The molecule has 7 heteroatoms. The number of methoxy groups -OCH3 is 2. The number of ether oxygens (including phenoxy) is 5. The van der Waals surface area contributed by atoms with Crippen LogP contribution < -0.4 is 0 Å². The maximum Gasteiger partial charge on any atom is 0.330 e. The molecule has 0 aliphatic heterocycles. The molecule has 0 rings (SSSR count). The van der Waals surface area contributed by atoms with Gasteiger partial charge in [0.25, 0.3) is 0 Å². The third-order valence-electron chi connectivity index (χ3n) is 4.07. The highest BCUT2D eigenvalue weighted by Gasteiger charge is 2.18. The van der Waals surface area contributed by atoms with E-state index < -0.39 is 0 Å². The maximum absolute atomic E-state index is 11.7. The van der Waals surface area contributed by atoms with E-state index in [2.05, 4.69) is 22.5 Å². The zero-order valence-electron chi connectivity index (χ0n) is 17.7. The summed E-state index contributed by atoms with van der Waals surface area (Å²) >= 11 is 3.41. The summed E-state index contributed by atoms with van der Waals surface area (Å²) in [6.45, 7) is 10.4. The topological polar surface area (TPSA) is 63.2 Å². The van der Waals surface area contributed by atoms with Crippen LogP contribution in [0.25, 0.3) is 0 Å². The Morgan fingerprint density at radius 1 is 1.18 bits per heavy atom. The predicted molar refractivity (Wildman–Crippen MR) is 114 cm³/mol. The van der Waals surface area contributed by atoms with Crippen molar-refractivity contribution < 1.29 is 28.5 Å². The van der Waals surface area contributed by atoms with Crippen LogP contribution in [0.15, 0.2) is 36.0 Å². The second kappa shape index (κ2) is 16.9. The van der Waals surface area contributed by atoms with Gasteiger partial charge in [-0.3, -0.25) is 0 Å². The molecule has 162 valence electrons. The number of carbonyl (C=O) groups is 1. The van der Waals surface area contributed by atoms with Crippen LogP contribution in [0.1, 0.15) is 33.6 Å². The Morgan fingerprint density at radius 2 is 1.82 bits per heavy atom. The Labute approximate surface area is 178 Å².